The minimum atomic E-state index is -0.315. The van der Waals surface area contributed by atoms with Gasteiger partial charge < -0.3 is 10.6 Å². The predicted molar refractivity (Wildman–Crippen MR) is 78.6 cm³/mol. The number of halogens is 1. The number of anilines is 1. The molecule has 6 heteroatoms. The van der Waals surface area contributed by atoms with Gasteiger partial charge in [-0.05, 0) is 42.7 Å². The molecule has 1 aromatic carbocycles. The van der Waals surface area contributed by atoms with Crippen molar-refractivity contribution < 1.29 is 9.18 Å². The van der Waals surface area contributed by atoms with Gasteiger partial charge in [0, 0.05) is 13.6 Å². The van der Waals surface area contributed by atoms with Crippen molar-refractivity contribution in [2.75, 3.05) is 12.4 Å². The van der Waals surface area contributed by atoms with Gasteiger partial charge in [-0.15, -0.1) is 10.2 Å². The van der Waals surface area contributed by atoms with Gasteiger partial charge in [0.2, 0.25) is 0 Å². The molecule has 0 spiro atoms. The molecule has 0 atom stereocenters. The summed E-state index contributed by atoms with van der Waals surface area (Å²) in [5.74, 6) is 0.0692. The monoisotopic (exact) mass is 288 g/mol. The number of carbonyl (C=O) groups excluding carboxylic acids is 1. The van der Waals surface area contributed by atoms with Crippen LogP contribution in [0.4, 0.5) is 10.2 Å². The molecule has 0 aliphatic heterocycles. The maximum absolute atomic E-state index is 13.5. The van der Waals surface area contributed by atoms with Crippen molar-refractivity contribution >= 4 is 11.7 Å². The minimum Gasteiger partial charge on any atom is -0.372 e. The third-order valence-electron chi connectivity index (χ3n) is 3.10. The van der Waals surface area contributed by atoms with E-state index in [0.29, 0.717) is 23.5 Å². The van der Waals surface area contributed by atoms with Crippen molar-refractivity contribution in [3.05, 3.63) is 52.5 Å². The SMILES string of the molecule is CNc1ccc(C(=O)NCc2cc(C)c(F)c(C)c2)nn1. The van der Waals surface area contributed by atoms with E-state index < -0.39 is 0 Å². The summed E-state index contributed by atoms with van der Waals surface area (Å²) in [6, 6.07) is 6.71. The number of hydrogen-bond donors (Lipinski definition) is 2. The average molecular weight is 288 g/mol. The lowest BCUT2D eigenvalue weighted by atomic mass is 10.1. The summed E-state index contributed by atoms with van der Waals surface area (Å²) >= 11 is 0. The van der Waals surface area contributed by atoms with E-state index in [-0.39, 0.29) is 17.4 Å². The van der Waals surface area contributed by atoms with Crippen molar-refractivity contribution in [1.82, 2.24) is 15.5 Å². The van der Waals surface area contributed by atoms with Crippen LogP contribution in [0.3, 0.4) is 0 Å². The molecule has 2 N–H and O–H groups in total. The number of aryl methyl sites for hydroxylation is 2. The summed E-state index contributed by atoms with van der Waals surface area (Å²) in [4.78, 5) is 11.9. The second-order valence-electron chi connectivity index (χ2n) is 4.78. The van der Waals surface area contributed by atoms with Gasteiger partial charge in [-0.2, -0.15) is 0 Å². The molecule has 0 bridgehead atoms. The standard InChI is InChI=1S/C15H17FN4O/c1-9-6-11(7-10(2)14(9)16)8-18-15(21)12-4-5-13(17-3)20-19-12/h4-7H,8H2,1-3H3,(H,17,20)(H,18,21). The van der Waals surface area contributed by atoms with Crippen LogP contribution in [0.5, 0.6) is 0 Å². The summed E-state index contributed by atoms with van der Waals surface area (Å²) in [6.45, 7) is 3.72. The normalized spacial score (nSPS) is 10.3. The molecule has 0 aliphatic rings. The van der Waals surface area contributed by atoms with Crippen molar-refractivity contribution in [2.24, 2.45) is 0 Å². The van der Waals surface area contributed by atoms with Crippen LogP contribution >= 0.6 is 0 Å². The van der Waals surface area contributed by atoms with Gasteiger partial charge >= 0.3 is 0 Å². The molecule has 0 fully saturated rings. The Labute approximate surface area is 122 Å². The fraction of sp³-hybridized carbons (Fsp3) is 0.267. The van der Waals surface area contributed by atoms with E-state index in [1.807, 2.05) is 0 Å². The number of benzene rings is 1. The molecule has 0 radical (unpaired) electrons. The summed E-state index contributed by atoms with van der Waals surface area (Å²) in [5.41, 5.74) is 2.22. The molecule has 110 valence electrons. The van der Waals surface area contributed by atoms with Gasteiger partial charge in [0.1, 0.15) is 11.6 Å². The number of aromatic nitrogens is 2. The molecule has 0 unspecified atom stereocenters. The molecule has 2 aromatic rings. The van der Waals surface area contributed by atoms with Crippen LogP contribution in [0.2, 0.25) is 0 Å². The molecule has 1 amide bonds. The molecular weight excluding hydrogens is 271 g/mol. The largest absolute Gasteiger partial charge is 0.372 e. The molecule has 5 nitrogen and oxygen atoms in total. The van der Waals surface area contributed by atoms with E-state index in [0.717, 1.165) is 5.56 Å². The molecule has 1 heterocycles. The van der Waals surface area contributed by atoms with E-state index in [1.165, 1.54) is 0 Å². The Balaban J connectivity index is 2.03. The first-order chi connectivity index (χ1) is 10.0. The van der Waals surface area contributed by atoms with Gasteiger partial charge in [0.25, 0.3) is 5.91 Å². The van der Waals surface area contributed by atoms with Gasteiger partial charge in [-0.1, -0.05) is 12.1 Å². The minimum absolute atomic E-state index is 0.210. The van der Waals surface area contributed by atoms with Gasteiger partial charge in [-0.25, -0.2) is 4.39 Å². The predicted octanol–water partition coefficient (Wildman–Crippen LogP) is 2.20. The Morgan fingerprint density at radius 2 is 1.86 bits per heavy atom. The number of nitrogens with one attached hydrogen (secondary N) is 2. The van der Waals surface area contributed by atoms with Crippen LogP contribution in [0.25, 0.3) is 0 Å². The first kappa shape index (κ1) is 14.9. The first-order valence-corrected chi connectivity index (χ1v) is 6.56. The number of nitrogens with zero attached hydrogens (tertiary/aromatic N) is 2. The zero-order valence-electron chi connectivity index (χ0n) is 12.2. The molecule has 1 aromatic heterocycles. The molecule has 0 saturated carbocycles. The highest BCUT2D eigenvalue weighted by Crippen LogP contribution is 2.14. The highest BCUT2D eigenvalue weighted by Gasteiger charge is 2.09. The van der Waals surface area contributed by atoms with E-state index in [2.05, 4.69) is 20.8 Å². The lowest BCUT2D eigenvalue weighted by Gasteiger charge is -2.08. The summed E-state index contributed by atoms with van der Waals surface area (Å²) in [5, 5.41) is 13.2. The van der Waals surface area contributed by atoms with E-state index >= 15 is 0 Å². The van der Waals surface area contributed by atoms with Gasteiger partial charge in [0.05, 0.1) is 0 Å². The van der Waals surface area contributed by atoms with Crippen molar-refractivity contribution in [3.63, 3.8) is 0 Å². The van der Waals surface area contributed by atoms with E-state index in [4.69, 9.17) is 0 Å². The van der Waals surface area contributed by atoms with Crippen molar-refractivity contribution in [3.8, 4) is 0 Å². The topological polar surface area (TPSA) is 66.9 Å². The molecule has 0 aliphatic carbocycles. The van der Waals surface area contributed by atoms with Crippen LogP contribution in [0.15, 0.2) is 24.3 Å². The van der Waals surface area contributed by atoms with Crippen LogP contribution in [0.1, 0.15) is 27.2 Å². The Morgan fingerprint density at radius 3 is 2.38 bits per heavy atom. The zero-order chi connectivity index (χ0) is 15.4. The fourth-order valence-corrected chi connectivity index (χ4v) is 2.00. The average Bonchev–Trinajstić information content (AvgIpc) is 2.50. The quantitative estimate of drug-likeness (QED) is 0.905. The Kier molecular flexibility index (Phi) is 4.47. The highest BCUT2D eigenvalue weighted by molar-refractivity contribution is 5.92. The fourth-order valence-electron chi connectivity index (χ4n) is 2.00. The van der Waals surface area contributed by atoms with Gasteiger partial charge in [0.15, 0.2) is 5.69 Å². The zero-order valence-corrected chi connectivity index (χ0v) is 12.2. The smallest absolute Gasteiger partial charge is 0.272 e. The lowest BCUT2D eigenvalue weighted by molar-refractivity contribution is 0.0945. The van der Waals surface area contributed by atoms with Crippen molar-refractivity contribution in [2.45, 2.75) is 20.4 Å². The number of carbonyl (C=O) groups is 1. The van der Waals surface area contributed by atoms with Crippen LogP contribution in [-0.2, 0) is 6.54 Å². The highest BCUT2D eigenvalue weighted by atomic mass is 19.1. The Bertz CT molecular complexity index is 632. The maximum atomic E-state index is 13.5. The Morgan fingerprint density at radius 1 is 1.19 bits per heavy atom. The molecule has 0 saturated heterocycles. The Hall–Kier alpha value is -2.50. The molecular formula is C15H17FN4O. The first-order valence-electron chi connectivity index (χ1n) is 6.56. The summed E-state index contributed by atoms with van der Waals surface area (Å²) in [6.07, 6.45) is 0. The lowest BCUT2D eigenvalue weighted by Crippen LogP contribution is -2.24. The third-order valence-corrected chi connectivity index (χ3v) is 3.10. The van der Waals surface area contributed by atoms with E-state index in [1.54, 1.807) is 45.2 Å². The number of amides is 1. The van der Waals surface area contributed by atoms with Crippen molar-refractivity contribution in [1.29, 1.82) is 0 Å². The molecule has 2 rings (SSSR count). The summed E-state index contributed by atoms with van der Waals surface area (Å²) < 4.78 is 13.5. The van der Waals surface area contributed by atoms with Crippen LogP contribution in [0, 0.1) is 19.7 Å². The maximum Gasteiger partial charge on any atom is 0.272 e. The third kappa shape index (κ3) is 3.53. The van der Waals surface area contributed by atoms with Crippen LogP contribution in [-0.4, -0.2) is 23.2 Å². The summed E-state index contributed by atoms with van der Waals surface area (Å²) in [7, 11) is 1.73. The van der Waals surface area contributed by atoms with E-state index in [9.17, 15) is 9.18 Å². The van der Waals surface area contributed by atoms with Gasteiger partial charge in [-0.3, -0.25) is 4.79 Å². The number of hydrogen-bond acceptors (Lipinski definition) is 4. The second-order valence-corrected chi connectivity index (χ2v) is 4.78. The second kappa shape index (κ2) is 6.30. The van der Waals surface area contributed by atoms with Crippen LogP contribution < -0.4 is 10.6 Å². The molecule has 21 heavy (non-hydrogen) atoms. The number of rotatable bonds is 4.